The molecular weight excluding hydrogens is 272 g/mol. The van der Waals surface area contributed by atoms with Gasteiger partial charge in [-0.2, -0.15) is 4.98 Å². The van der Waals surface area contributed by atoms with Crippen LogP contribution in [0.2, 0.25) is 0 Å². The lowest BCUT2D eigenvalue weighted by Crippen LogP contribution is -2.27. The molecule has 0 amide bonds. The number of anilines is 1. The van der Waals surface area contributed by atoms with E-state index >= 15 is 0 Å². The predicted molar refractivity (Wildman–Crippen MR) is 76.4 cm³/mol. The molecular formula is C14H14N4O3. The lowest BCUT2D eigenvalue weighted by atomic mass is 10.0. The van der Waals surface area contributed by atoms with E-state index in [1.54, 1.807) is 0 Å². The molecule has 1 aliphatic heterocycles. The third-order valence-corrected chi connectivity index (χ3v) is 3.69. The Morgan fingerprint density at radius 3 is 2.33 bits per heavy atom. The number of hydrogen-bond acceptors (Lipinski definition) is 6. The zero-order valence-electron chi connectivity index (χ0n) is 11.3. The quantitative estimate of drug-likeness (QED) is 0.667. The summed E-state index contributed by atoms with van der Waals surface area (Å²) in [7, 11) is 0. The van der Waals surface area contributed by atoms with Gasteiger partial charge < -0.3 is 10.0 Å². The van der Waals surface area contributed by atoms with Crippen LogP contribution in [0.25, 0.3) is 0 Å². The van der Waals surface area contributed by atoms with E-state index in [9.17, 15) is 15.2 Å². The van der Waals surface area contributed by atoms with Crippen LogP contribution in [0.1, 0.15) is 11.1 Å². The van der Waals surface area contributed by atoms with E-state index in [-0.39, 0.29) is 5.82 Å². The van der Waals surface area contributed by atoms with Crippen molar-refractivity contribution in [1.82, 2.24) is 9.97 Å². The molecule has 0 unspecified atom stereocenters. The average Bonchev–Trinajstić information content (AvgIpc) is 2.69. The van der Waals surface area contributed by atoms with Crippen LogP contribution in [0.15, 0.2) is 30.6 Å². The number of rotatable bonds is 2. The highest BCUT2D eigenvalue weighted by atomic mass is 16.6. The summed E-state index contributed by atoms with van der Waals surface area (Å²) in [6.07, 6.45) is 2.73. The molecule has 1 aromatic heterocycles. The molecule has 0 saturated carbocycles. The van der Waals surface area contributed by atoms with Gasteiger partial charge in [-0.3, -0.25) is 10.1 Å². The highest BCUT2D eigenvalue weighted by Gasteiger charge is 2.27. The van der Waals surface area contributed by atoms with Crippen molar-refractivity contribution in [3.05, 3.63) is 51.8 Å². The van der Waals surface area contributed by atoms with E-state index in [0.717, 1.165) is 19.2 Å². The second-order valence-corrected chi connectivity index (χ2v) is 4.88. The smallest absolute Gasteiger partial charge is 0.372 e. The summed E-state index contributed by atoms with van der Waals surface area (Å²) in [5.41, 5.74) is 2.07. The molecule has 7 heteroatoms. The fourth-order valence-corrected chi connectivity index (χ4v) is 2.63. The summed E-state index contributed by atoms with van der Waals surface area (Å²) in [5, 5.41) is 20.7. The van der Waals surface area contributed by atoms with Gasteiger partial charge in [-0.15, -0.1) is 0 Å². The van der Waals surface area contributed by atoms with Crippen molar-refractivity contribution in [1.29, 1.82) is 0 Å². The zero-order chi connectivity index (χ0) is 14.8. The largest absolute Gasteiger partial charge is 0.488 e. The van der Waals surface area contributed by atoms with Crippen molar-refractivity contribution in [2.45, 2.75) is 12.8 Å². The fraction of sp³-hybridized carbons (Fsp3) is 0.286. The molecule has 0 spiro atoms. The Kier molecular flexibility index (Phi) is 3.39. The first-order valence-corrected chi connectivity index (χ1v) is 6.67. The van der Waals surface area contributed by atoms with Crippen LogP contribution < -0.4 is 4.90 Å². The minimum Gasteiger partial charge on any atom is -0.488 e. The highest BCUT2D eigenvalue weighted by Crippen LogP contribution is 2.33. The second kappa shape index (κ2) is 5.35. The van der Waals surface area contributed by atoms with Gasteiger partial charge in [0.2, 0.25) is 5.82 Å². The molecule has 0 aliphatic carbocycles. The van der Waals surface area contributed by atoms with Crippen molar-refractivity contribution in [3.63, 3.8) is 0 Å². The number of aromatic hydroxyl groups is 1. The van der Waals surface area contributed by atoms with Gasteiger partial charge in [0.25, 0.3) is 5.88 Å². The van der Waals surface area contributed by atoms with Crippen LogP contribution >= 0.6 is 0 Å². The first-order chi connectivity index (χ1) is 10.2. The fourth-order valence-electron chi connectivity index (χ4n) is 2.63. The van der Waals surface area contributed by atoms with Crippen LogP contribution in [0.4, 0.5) is 11.5 Å². The normalized spacial score (nSPS) is 14.4. The zero-order valence-corrected chi connectivity index (χ0v) is 11.3. The summed E-state index contributed by atoms with van der Waals surface area (Å²) < 4.78 is 0. The number of aromatic nitrogens is 2. The minimum absolute atomic E-state index is 0.181. The maximum atomic E-state index is 11.1. The van der Waals surface area contributed by atoms with Crippen molar-refractivity contribution in [2.75, 3.05) is 18.0 Å². The van der Waals surface area contributed by atoms with Gasteiger partial charge in [-0.05, 0) is 24.0 Å². The molecule has 0 bridgehead atoms. The summed E-state index contributed by atoms with van der Waals surface area (Å²) in [6, 6.07) is 8.14. The molecule has 1 aliphatic rings. The third kappa shape index (κ3) is 2.49. The monoisotopic (exact) mass is 286 g/mol. The molecule has 108 valence electrons. The maximum absolute atomic E-state index is 11.1. The molecule has 0 fully saturated rings. The van der Waals surface area contributed by atoms with Crippen molar-refractivity contribution >= 4 is 11.5 Å². The van der Waals surface area contributed by atoms with Gasteiger partial charge in [0, 0.05) is 13.1 Å². The average molecular weight is 286 g/mol. The molecule has 3 rings (SSSR count). The second-order valence-electron chi connectivity index (χ2n) is 4.88. The van der Waals surface area contributed by atoms with E-state index in [1.807, 2.05) is 17.0 Å². The van der Waals surface area contributed by atoms with Gasteiger partial charge in [-0.25, -0.2) is 4.98 Å². The standard InChI is InChI=1S/C14H14N4O3/c19-14-12(18(20)21)13(15-9-16-14)17-7-5-10-3-1-2-4-11(10)6-8-17/h1-4,9H,5-8H2,(H,15,16,19). The van der Waals surface area contributed by atoms with E-state index in [0.29, 0.717) is 13.1 Å². The molecule has 1 N–H and O–H groups in total. The van der Waals surface area contributed by atoms with Crippen molar-refractivity contribution in [3.8, 4) is 5.88 Å². The van der Waals surface area contributed by atoms with E-state index in [4.69, 9.17) is 0 Å². The van der Waals surface area contributed by atoms with Gasteiger partial charge in [-0.1, -0.05) is 24.3 Å². The summed E-state index contributed by atoms with van der Waals surface area (Å²) in [5.74, 6) is -0.410. The molecule has 0 radical (unpaired) electrons. The Balaban J connectivity index is 1.93. The van der Waals surface area contributed by atoms with Crippen molar-refractivity contribution < 1.29 is 10.0 Å². The molecule has 0 saturated heterocycles. The Morgan fingerprint density at radius 1 is 1.14 bits per heavy atom. The summed E-state index contributed by atoms with van der Waals surface area (Å²) in [6.45, 7) is 1.24. The number of nitro groups is 1. The molecule has 21 heavy (non-hydrogen) atoms. The third-order valence-electron chi connectivity index (χ3n) is 3.69. The Morgan fingerprint density at radius 2 is 1.76 bits per heavy atom. The van der Waals surface area contributed by atoms with Crippen LogP contribution in [-0.2, 0) is 12.8 Å². The number of hydrogen-bond donors (Lipinski definition) is 1. The maximum Gasteiger partial charge on any atom is 0.372 e. The van der Waals surface area contributed by atoms with E-state index in [1.165, 1.54) is 11.1 Å². The first-order valence-electron chi connectivity index (χ1n) is 6.67. The minimum atomic E-state index is -0.636. The topological polar surface area (TPSA) is 92.4 Å². The Labute approximate surface area is 121 Å². The van der Waals surface area contributed by atoms with Crippen LogP contribution in [-0.4, -0.2) is 33.1 Å². The van der Waals surface area contributed by atoms with E-state index in [2.05, 4.69) is 22.1 Å². The molecule has 0 atom stereocenters. The van der Waals surface area contributed by atoms with Gasteiger partial charge >= 0.3 is 5.69 Å². The highest BCUT2D eigenvalue weighted by molar-refractivity contribution is 5.62. The number of nitrogens with zero attached hydrogens (tertiary/aromatic N) is 4. The van der Waals surface area contributed by atoms with Crippen LogP contribution in [0.3, 0.4) is 0 Å². The Hall–Kier alpha value is -2.70. The van der Waals surface area contributed by atoms with Crippen LogP contribution in [0, 0.1) is 10.1 Å². The number of benzene rings is 1. The van der Waals surface area contributed by atoms with Gasteiger partial charge in [0.15, 0.2) is 0 Å². The van der Waals surface area contributed by atoms with Gasteiger partial charge in [0.1, 0.15) is 6.33 Å². The predicted octanol–water partition coefficient (Wildman–Crippen LogP) is 1.70. The number of fused-ring (bicyclic) bond motifs is 1. The molecule has 2 heterocycles. The van der Waals surface area contributed by atoms with E-state index < -0.39 is 16.5 Å². The summed E-state index contributed by atoms with van der Waals surface area (Å²) >= 11 is 0. The molecule has 1 aromatic carbocycles. The van der Waals surface area contributed by atoms with Crippen molar-refractivity contribution in [2.24, 2.45) is 0 Å². The lowest BCUT2D eigenvalue weighted by Gasteiger charge is -2.20. The molecule has 2 aromatic rings. The summed E-state index contributed by atoms with van der Waals surface area (Å²) in [4.78, 5) is 19.8. The lowest BCUT2D eigenvalue weighted by molar-refractivity contribution is -0.385. The SMILES string of the molecule is O=[N+]([O-])c1c(O)ncnc1N1CCc2ccccc2CC1. The first kappa shape index (κ1) is 13.3. The van der Waals surface area contributed by atoms with Crippen LogP contribution in [0.5, 0.6) is 5.88 Å². The Bertz CT molecular complexity index is 663. The van der Waals surface area contributed by atoms with Gasteiger partial charge in [0.05, 0.1) is 4.92 Å². The molecule has 7 nitrogen and oxygen atoms in total.